The van der Waals surface area contributed by atoms with Crippen molar-refractivity contribution in [3.05, 3.63) is 130 Å². The molecule has 0 unspecified atom stereocenters. The van der Waals surface area contributed by atoms with E-state index in [9.17, 15) is 9.59 Å². The number of hydrogen-bond acceptors (Lipinski definition) is 3. The van der Waals surface area contributed by atoms with E-state index in [0.29, 0.717) is 29.2 Å². The van der Waals surface area contributed by atoms with Gasteiger partial charge in [0.25, 0.3) is 5.91 Å². The Morgan fingerprint density at radius 1 is 0.921 bits per heavy atom. The Hall–Kier alpha value is -4.51. The van der Waals surface area contributed by atoms with Gasteiger partial charge in [-0.1, -0.05) is 66.7 Å². The van der Waals surface area contributed by atoms with Crippen LogP contribution in [0, 0.1) is 5.92 Å². The lowest BCUT2D eigenvalue weighted by atomic mass is 9.97. The topological polar surface area (TPSA) is 64.0 Å². The highest BCUT2D eigenvalue weighted by Crippen LogP contribution is 2.29. The monoisotopic (exact) mass is 499 g/mol. The molecule has 5 aromatic rings. The molecule has 1 aliphatic carbocycles. The lowest BCUT2D eigenvalue weighted by molar-refractivity contribution is 0.102. The second-order valence-electron chi connectivity index (χ2n) is 10.0. The third-order valence-corrected chi connectivity index (χ3v) is 7.46. The molecule has 2 aromatic heterocycles. The molecule has 0 saturated heterocycles. The minimum absolute atomic E-state index is 0.124. The van der Waals surface area contributed by atoms with E-state index in [1.54, 1.807) is 6.20 Å². The maximum Gasteiger partial charge on any atom is 0.261 e. The Kier molecular flexibility index (Phi) is 6.34. The van der Waals surface area contributed by atoms with Crippen molar-refractivity contribution in [3.8, 4) is 11.1 Å². The molecule has 0 atom stereocenters. The molecule has 0 radical (unpaired) electrons. The molecule has 5 nitrogen and oxygen atoms in total. The van der Waals surface area contributed by atoms with Crippen LogP contribution in [0.2, 0.25) is 0 Å². The number of nitrogens with one attached hydrogen (secondary N) is 1. The lowest BCUT2D eigenvalue weighted by Crippen LogP contribution is -2.24. The first-order valence-corrected chi connectivity index (χ1v) is 13.1. The van der Waals surface area contributed by atoms with E-state index in [0.717, 1.165) is 36.0 Å². The standard InChI is InChI=1S/C33H29N3O2/c1-2-36-21-30(33(38)35-28-14-12-25(13-15-28)24-8-4-3-5-9-24)31(37)29-19-23(20-34-32(29)36)16-22-17-26-10-6-7-11-27(26)18-22/h3-15,19-22H,2,16-18H2,1H3,(H,35,38). The van der Waals surface area contributed by atoms with Gasteiger partial charge in [0.2, 0.25) is 5.43 Å². The summed E-state index contributed by atoms with van der Waals surface area (Å²) in [7, 11) is 0. The van der Waals surface area contributed by atoms with Gasteiger partial charge >= 0.3 is 0 Å². The normalized spacial score (nSPS) is 13.0. The number of aromatic nitrogens is 2. The van der Waals surface area contributed by atoms with Crippen molar-refractivity contribution in [3.63, 3.8) is 0 Å². The average Bonchev–Trinajstić information content (AvgIpc) is 3.36. The van der Waals surface area contributed by atoms with Crippen LogP contribution in [0.15, 0.2) is 102 Å². The first-order valence-electron chi connectivity index (χ1n) is 13.1. The maximum atomic E-state index is 13.5. The Balaban J connectivity index is 1.26. The average molecular weight is 500 g/mol. The number of anilines is 1. The summed E-state index contributed by atoms with van der Waals surface area (Å²) in [6.07, 6.45) is 6.44. The predicted molar refractivity (Wildman–Crippen MR) is 153 cm³/mol. The number of carbonyl (C=O) groups excluding carboxylic acids is 1. The van der Waals surface area contributed by atoms with Gasteiger partial charge in [-0.05, 0) is 78.1 Å². The van der Waals surface area contributed by atoms with E-state index >= 15 is 0 Å². The summed E-state index contributed by atoms with van der Waals surface area (Å²) in [5.41, 5.74) is 7.12. The van der Waals surface area contributed by atoms with Crippen LogP contribution in [-0.4, -0.2) is 15.5 Å². The molecular weight excluding hydrogens is 470 g/mol. The number of nitrogens with zero attached hydrogens (tertiary/aromatic N) is 2. The first kappa shape index (κ1) is 23.9. The van der Waals surface area contributed by atoms with E-state index in [4.69, 9.17) is 0 Å². The lowest BCUT2D eigenvalue weighted by Gasteiger charge is -2.14. The van der Waals surface area contributed by atoms with Crippen molar-refractivity contribution < 1.29 is 4.79 Å². The Morgan fingerprint density at radius 2 is 1.58 bits per heavy atom. The predicted octanol–water partition coefficient (Wildman–Crippen LogP) is 6.29. The quantitative estimate of drug-likeness (QED) is 0.298. The second-order valence-corrected chi connectivity index (χ2v) is 10.0. The summed E-state index contributed by atoms with van der Waals surface area (Å²) in [6, 6.07) is 28.2. The van der Waals surface area contributed by atoms with Crippen LogP contribution in [0.4, 0.5) is 5.69 Å². The molecule has 38 heavy (non-hydrogen) atoms. The molecule has 0 aliphatic heterocycles. The van der Waals surface area contributed by atoms with Gasteiger partial charge in [0.1, 0.15) is 11.2 Å². The van der Waals surface area contributed by atoms with Crippen molar-refractivity contribution in [1.29, 1.82) is 0 Å². The summed E-state index contributed by atoms with van der Waals surface area (Å²) in [5.74, 6) is 0.0774. The summed E-state index contributed by atoms with van der Waals surface area (Å²) >= 11 is 0. The van der Waals surface area contributed by atoms with Crippen LogP contribution in [0.3, 0.4) is 0 Å². The van der Waals surface area contributed by atoms with Crippen LogP contribution in [0.1, 0.15) is 34.0 Å². The van der Waals surface area contributed by atoms with Crippen LogP contribution in [0.5, 0.6) is 0 Å². The SMILES string of the molecule is CCn1cc(C(=O)Nc2ccc(-c3ccccc3)cc2)c(=O)c2cc(CC3Cc4ccccc4C3)cnc21. The molecular formula is C33H29N3O2. The third-order valence-electron chi connectivity index (χ3n) is 7.46. The number of fused-ring (bicyclic) bond motifs is 2. The number of amides is 1. The van der Waals surface area contributed by atoms with Crippen LogP contribution < -0.4 is 10.7 Å². The van der Waals surface area contributed by atoms with Gasteiger partial charge in [0.05, 0.1) is 5.39 Å². The summed E-state index contributed by atoms with van der Waals surface area (Å²) in [5, 5.41) is 3.40. The zero-order valence-corrected chi connectivity index (χ0v) is 21.4. The number of pyridine rings is 2. The van der Waals surface area contributed by atoms with Gasteiger partial charge in [-0.3, -0.25) is 9.59 Å². The van der Waals surface area contributed by atoms with E-state index in [1.807, 2.05) is 78.4 Å². The molecule has 1 aliphatic rings. The van der Waals surface area contributed by atoms with E-state index in [-0.39, 0.29) is 11.0 Å². The van der Waals surface area contributed by atoms with Crippen LogP contribution in [0.25, 0.3) is 22.2 Å². The van der Waals surface area contributed by atoms with Gasteiger partial charge < -0.3 is 9.88 Å². The van der Waals surface area contributed by atoms with E-state index in [2.05, 4.69) is 34.6 Å². The number of aryl methyl sites for hydroxylation is 1. The van der Waals surface area contributed by atoms with E-state index < -0.39 is 5.91 Å². The Bertz CT molecular complexity index is 1660. The maximum absolute atomic E-state index is 13.5. The molecule has 188 valence electrons. The molecule has 2 heterocycles. The van der Waals surface area contributed by atoms with Gasteiger partial charge in [0, 0.05) is 24.6 Å². The summed E-state index contributed by atoms with van der Waals surface area (Å²) < 4.78 is 1.87. The fourth-order valence-corrected chi connectivity index (χ4v) is 5.53. The molecule has 0 bridgehead atoms. The van der Waals surface area contributed by atoms with Gasteiger partial charge in [0.15, 0.2) is 0 Å². The molecule has 0 spiro atoms. The molecule has 1 N–H and O–H groups in total. The number of carbonyl (C=O) groups is 1. The smallest absolute Gasteiger partial charge is 0.261 e. The van der Waals surface area contributed by atoms with Crippen molar-refractivity contribution in [2.45, 2.75) is 32.7 Å². The highest BCUT2D eigenvalue weighted by atomic mass is 16.2. The van der Waals surface area contributed by atoms with Crippen molar-refractivity contribution in [1.82, 2.24) is 9.55 Å². The molecule has 6 rings (SSSR count). The zero-order chi connectivity index (χ0) is 26.1. The van der Waals surface area contributed by atoms with Crippen molar-refractivity contribution >= 4 is 22.6 Å². The minimum atomic E-state index is -0.414. The Labute approximate surface area is 221 Å². The fourth-order valence-electron chi connectivity index (χ4n) is 5.53. The first-order chi connectivity index (χ1) is 18.6. The molecule has 0 saturated carbocycles. The number of rotatable bonds is 6. The van der Waals surface area contributed by atoms with Gasteiger partial charge in [-0.2, -0.15) is 0 Å². The molecule has 5 heteroatoms. The van der Waals surface area contributed by atoms with Crippen molar-refractivity contribution in [2.24, 2.45) is 5.92 Å². The summed E-state index contributed by atoms with van der Waals surface area (Å²) in [6.45, 7) is 2.59. The van der Waals surface area contributed by atoms with E-state index in [1.165, 1.54) is 11.1 Å². The second kappa shape index (κ2) is 10.1. The van der Waals surface area contributed by atoms with Crippen LogP contribution in [-0.2, 0) is 25.8 Å². The van der Waals surface area contributed by atoms with Crippen molar-refractivity contribution in [2.75, 3.05) is 5.32 Å². The summed E-state index contributed by atoms with van der Waals surface area (Å²) in [4.78, 5) is 31.4. The highest BCUT2D eigenvalue weighted by molar-refractivity contribution is 6.05. The minimum Gasteiger partial charge on any atom is -0.332 e. The highest BCUT2D eigenvalue weighted by Gasteiger charge is 2.22. The Morgan fingerprint density at radius 3 is 2.26 bits per heavy atom. The molecule has 1 amide bonds. The largest absolute Gasteiger partial charge is 0.332 e. The third kappa shape index (κ3) is 4.63. The number of benzene rings is 3. The number of hydrogen-bond donors (Lipinski definition) is 1. The molecule has 0 fully saturated rings. The van der Waals surface area contributed by atoms with Crippen LogP contribution >= 0.6 is 0 Å². The molecule has 3 aromatic carbocycles. The fraction of sp³-hybridized carbons (Fsp3) is 0.182. The zero-order valence-electron chi connectivity index (χ0n) is 21.4. The van der Waals surface area contributed by atoms with Gasteiger partial charge in [-0.25, -0.2) is 4.98 Å². The van der Waals surface area contributed by atoms with Gasteiger partial charge in [-0.15, -0.1) is 0 Å².